The molecule has 1 N–H and O–H groups in total. The number of hydrogen-bond acceptors (Lipinski definition) is 5. The zero-order valence-corrected chi connectivity index (χ0v) is 16.7. The molecule has 0 saturated carbocycles. The number of rotatable bonds is 6. The number of likely N-dealkylation sites (tertiary alicyclic amines) is 1. The van der Waals surface area contributed by atoms with E-state index >= 15 is 0 Å². The van der Waals surface area contributed by atoms with Crippen LogP contribution in [0.15, 0.2) is 23.2 Å². The Morgan fingerprint density at radius 3 is 2.67 bits per heavy atom. The van der Waals surface area contributed by atoms with E-state index in [1.165, 1.54) is 6.42 Å². The van der Waals surface area contributed by atoms with Gasteiger partial charge in [-0.15, -0.1) is 0 Å². The average molecular weight is 377 g/mol. The quantitative estimate of drug-likeness (QED) is 0.601. The molecule has 0 spiro atoms. The molecule has 1 aromatic carbocycles. The summed E-state index contributed by atoms with van der Waals surface area (Å²) in [7, 11) is 3.31. The minimum Gasteiger partial charge on any atom is -0.493 e. The molecule has 3 rings (SSSR count). The molecule has 2 fully saturated rings. The zero-order chi connectivity index (χ0) is 19.1. The molecule has 150 valence electrons. The SMILES string of the molecule is CCNC(=NCc1ccc(OC)c(OC)c1)N1CCC(N2CCOCC2)C1. The van der Waals surface area contributed by atoms with Crippen LogP contribution >= 0.6 is 0 Å². The summed E-state index contributed by atoms with van der Waals surface area (Å²) < 4.78 is 16.2. The van der Waals surface area contributed by atoms with Crippen molar-refractivity contribution in [2.75, 3.05) is 60.2 Å². The Kier molecular flexibility index (Phi) is 7.18. The van der Waals surface area contributed by atoms with Crippen molar-refractivity contribution in [3.63, 3.8) is 0 Å². The normalized spacial score (nSPS) is 21.4. The third-order valence-corrected chi connectivity index (χ3v) is 5.22. The number of nitrogens with zero attached hydrogens (tertiary/aromatic N) is 3. The Hall–Kier alpha value is -1.99. The highest BCUT2D eigenvalue weighted by Crippen LogP contribution is 2.27. The first-order valence-corrected chi connectivity index (χ1v) is 9.81. The van der Waals surface area contributed by atoms with E-state index in [9.17, 15) is 0 Å². The van der Waals surface area contributed by atoms with Crippen molar-refractivity contribution >= 4 is 5.96 Å². The number of methoxy groups -OCH3 is 2. The fraction of sp³-hybridized carbons (Fsp3) is 0.650. The molecule has 0 aromatic heterocycles. The van der Waals surface area contributed by atoms with Crippen LogP contribution in [-0.2, 0) is 11.3 Å². The summed E-state index contributed by atoms with van der Waals surface area (Å²) in [5.74, 6) is 2.47. The van der Waals surface area contributed by atoms with Gasteiger partial charge in [-0.3, -0.25) is 4.90 Å². The van der Waals surface area contributed by atoms with Crippen LogP contribution in [0.3, 0.4) is 0 Å². The predicted molar refractivity (Wildman–Crippen MR) is 107 cm³/mol. The maximum Gasteiger partial charge on any atom is 0.194 e. The van der Waals surface area contributed by atoms with Gasteiger partial charge < -0.3 is 24.4 Å². The highest BCUT2D eigenvalue weighted by Gasteiger charge is 2.30. The van der Waals surface area contributed by atoms with E-state index in [1.54, 1.807) is 14.2 Å². The third kappa shape index (κ3) is 5.05. The lowest BCUT2D eigenvalue weighted by Crippen LogP contribution is -2.46. The molecule has 7 heteroatoms. The van der Waals surface area contributed by atoms with Crippen molar-refractivity contribution < 1.29 is 14.2 Å². The number of morpholine rings is 1. The molecule has 0 amide bonds. The van der Waals surface area contributed by atoms with Crippen molar-refractivity contribution in [2.24, 2.45) is 4.99 Å². The number of hydrogen-bond donors (Lipinski definition) is 1. The Bertz CT molecular complexity index is 632. The van der Waals surface area contributed by atoms with E-state index in [1.807, 2.05) is 18.2 Å². The Morgan fingerprint density at radius 1 is 1.19 bits per heavy atom. The summed E-state index contributed by atoms with van der Waals surface area (Å²) in [6.07, 6.45) is 1.18. The molecular weight excluding hydrogens is 344 g/mol. The van der Waals surface area contributed by atoms with Gasteiger partial charge in [0.15, 0.2) is 17.5 Å². The van der Waals surface area contributed by atoms with Crippen molar-refractivity contribution in [3.05, 3.63) is 23.8 Å². The maximum atomic E-state index is 5.48. The second-order valence-corrected chi connectivity index (χ2v) is 6.90. The summed E-state index contributed by atoms with van der Waals surface area (Å²) in [6.45, 7) is 9.44. The van der Waals surface area contributed by atoms with Crippen molar-refractivity contribution in [2.45, 2.75) is 25.9 Å². The van der Waals surface area contributed by atoms with Crippen LogP contribution in [0.2, 0.25) is 0 Å². The third-order valence-electron chi connectivity index (χ3n) is 5.22. The Morgan fingerprint density at radius 2 is 1.96 bits per heavy atom. The summed E-state index contributed by atoms with van der Waals surface area (Å²) in [5, 5.41) is 3.45. The van der Waals surface area contributed by atoms with Gasteiger partial charge in [-0.1, -0.05) is 6.07 Å². The molecule has 0 aliphatic carbocycles. The van der Waals surface area contributed by atoms with Crippen LogP contribution < -0.4 is 14.8 Å². The first-order chi connectivity index (χ1) is 13.2. The molecule has 2 heterocycles. The van der Waals surface area contributed by atoms with E-state index in [2.05, 4.69) is 22.0 Å². The molecule has 0 bridgehead atoms. The van der Waals surface area contributed by atoms with Crippen LogP contribution in [-0.4, -0.2) is 82.0 Å². The highest BCUT2D eigenvalue weighted by atomic mass is 16.5. The number of ether oxygens (including phenoxy) is 3. The molecule has 1 aromatic rings. The van der Waals surface area contributed by atoms with Crippen molar-refractivity contribution in [3.8, 4) is 11.5 Å². The smallest absolute Gasteiger partial charge is 0.194 e. The summed E-state index contributed by atoms with van der Waals surface area (Å²) >= 11 is 0. The van der Waals surface area contributed by atoms with E-state index in [0.29, 0.717) is 12.6 Å². The minimum atomic E-state index is 0.596. The molecule has 1 unspecified atom stereocenters. The van der Waals surface area contributed by atoms with E-state index in [0.717, 1.165) is 69.0 Å². The minimum absolute atomic E-state index is 0.596. The first-order valence-electron chi connectivity index (χ1n) is 9.81. The fourth-order valence-corrected chi connectivity index (χ4v) is 3.75. The molecule has 2 aliphatic heterocycles. The first kappa shape index (κ1) is 19.8. The standard InChI is InChI=1S/C20H32N4O3/c1-4-21-20(22-14-16-5-6-18(25-2)19(13-16)26-3)24-8-7-17(15-24)23-9-11-27-12-10-23/h5-6,13,17H,4,7-12,14-15H2,1-3H3,(H,21,22). The average Bonchev–Trinajstić information content (AvgIpc) is 3.21. The fourth-order valence-electron chi connectivity index (χ4n) is 3.75. The van der Waals surface area contributed by atoms with Gasteiger partial charge in [0.05, 0.1) is 34.0 Å². The molecule has 1 atom stereocenters. The zero-order valence-electron chi connectivity index (χ0n) is 16.7. The summed E-state index contributed by atoms with van der Waals surface area (Å²) in [6, 6.07) is 6.56. The van der Waals surface area contributed by atoms with Crippen LogP contribution in [0.1, 0.15) is 18.9 Å². The van der Waals surface area contributed by atoms with Crippen molar-refractivity contribution in [1.82, 2.24) is 15.1 Å². The Balaban J connectivity index is 1.64. The largest absolute Gasteiger partial charge is 0.493 e. The summed E-state index contributed by atoms with van der Waals surface area (Å²) in [4.78, 5) is 9.80. The van der Waals surface area contributed by atoms with Crippen LogP contribution in [0.25, 0.3) is 0 Å². The molecule has 27 heavy (non-hydrogen) atoms. The number of nitrogens with one attached hydrogen (secondary N) is 1. The second kappa shape index (κ2) is 9.80. The van der Waals surface area contributed by atoms with Crippen LogP contribution in [0.4, 0.5) is 0 Å². The molecule has 0 radical (unpaired) electrons. The molecule has 2 aliphatic rings. The van der Waals surface area contributed by atoms with E-state index < -0.39 is 0 Å². The summed E-state index contributed by atoms with van der Waals surface area (Å²) in [5.41, 5.74) is 1.10. The van der Waals surface area contributed by atoms with Gasteiger partial charge in [0, 0.05) is 38.8 Å². The van der Waals surface area contributed by atoms with Gasteiger partial charge in [-0.2, -0.15) is 0 Å². The monoisotopic (exact) mass is 376 g/mol. The maximum absolute atomic E-state index is 5.48. The number of benzene rings is 1. The molecule has 2 saturated heterocycles. The Labute approximate surface area is 162 Å². The van der Waals surface area contributed by atoms with Gasteiger partial charge in [0.1, 0.15) is 0 Å². The van der Waals surface area contributed by atoms with Gasteiger partial charge in [0.25, 0.3) is 0 Å². The molecular formula is C20H32N4O3. The lowest BCUT2D eigenvalue weighted by molar-refractivity contribution is 0.0195. The van der Waals surface area contributed by atoms with Crippen molar-refractivity contribution in [1.29, 1.82) is 0 Å². The lowest BCUT2D eigenvalue weighted by atomic mass is 10.2. The highest BCUT2D eigenvalue weighted by molar-refractivity contribution is 5.80. The second-order valence-electron chi connectivity index (χ2n) is 6.90. The van der Waals surface area contributed by atoms with Gasteiger partial charge in [0.2, 0.25) is 0 Å². The number of guanidine groups is 1. The van der Waals surface area contributed by atoms with Gasteiger partial charge in [-0.05, 0) is 31.0 Å². The molecule has 7 nitrogen and oxygen atoms in total. The topological polar surface area (TPSA) is 58.6 Å². The van der Waals surface area contributed by atoms with Crippen LogP contribution in [0, 0.1) is 0 Å². The van der Waals surface area contributed by atoms with Gasteiger partial charge >= 0.3 is 0 Å². The van der Waals surface area contributed by atoms with Gasteiger partial charge in [-0.25, -0.2) is 4.99 Å². The van der Waals surface area contributed by atoms with Crippen LogP contribution in [0.5, 0.6) is 11.5 Å². The van der Waals surface area contributed by atoms with E-state index in [-0.39, 0.29) is 0 Å². The van der Waals surface area contributed by atoms with E-state index in [4.69, 9.17) is 19.2 Å². The predicted octanol–water partition coefficient (Wildman–Crippen LogP) is 1.58. The number of aliphatic imine (C=N–C) groups is 1. The lowest BCUT2D eigenvalue weighted by Gasteiger charge is -2.32.